The zero-order chi connectivity index (χ0) is 12.1. The summed E-state index contributed by atoms with van der Waals surface area (Å²) in [6.45, 7) is 1.05. The number of carbonyl (C=O) groups excluding carboxylic acids is 1. The maximum absolute atomic E-state index is 11.6. The van der Waals surface area contributed by atoms with Crippen LogP contribution in [0.25, 0.3) is 0 Å². The van der Waals surface area contributed by atoms with Gasteiger partial charge in [-0.3, -0.25) is 4.79 Å². The maximum Gasteiger partial charge on any atom is 0.234 e. The molecule has 0 spiro atoms. The van der Waals surface area contributed by atoms with E-state index in [9.17, 15) is 4.79 Å². The summed E-state index contributed by atoms with van der Waals surface area (Å²) in [7, 11) is 0. The number of carbonyl (C=O) groups is 1. The molecule has 0 atom stereocenters. The Bertz CT molecular complexity index is 374. The predicted octanol–water partition coefficient (Wildman–Crippen LogP) is 2.66. The van der Waals surface area contributed by atoms with Gasteiger partial charge < -0.3 is 10.6 Å². The summed E-state index contributed by atoms with van der Waals surface area (Å²) >= 11 is 5.11. The topological polar surface area (TPSA) is 41.1 Å². The summed E-state index contributed by atoms with van der Waals surface area (Å²) in [5.41, 5.74) is 0. The molecule has 1 amide bonds. The minimum atomic E-state index is 0.0807. The number of amides is 1. The number of thiophene rings is 1. The average molecular weight is 317 g/mol. The third-order valence-electron chi connectivity index (χ3n) is 3.04. The number of nitrogens with one attached hydrogen (secondary N) is 2. The van der Waals surface area contributed by atoms with E-state index in [4.69, 9.17) is 0 Å². The molecule has 1 heterocycles. The van der Waals surface area contributed by atoms with Crippen LogP contribution in [0.1, 0.15) is 30.6 Å². The minimum Gasteiger partial charge on any atom is -0.350 e. The Morgan fingerprint density at radius 3 is 2.88 bits per heavy atom. The fourth-order valence-electron chi connectivity index (χ4n) is 2.06. The fourth-order valence-corrected chi connectivity index (χ4v) is 3.49. The van der Waals surface area contributed by atoms with E-state index in [2.05, 4.69) is 26.6 Å². The second-order valence-electron chi connectivity index (χ2n) is 4.33. The molecule has 1 aliphatic rings. The summed E-state index contributed by atoms with van der Waals surface area (Å²) < 4.78 is 1.08. The Morgan fingerprint density at radius 2 is 2.24 bits per heavy atom. The molecule has 1 aromatic rings. The first-order valence-electron chi connectivity index (χ1n) is 5.97. The van der Waals surface area contributed by atoms with Gasteiger partial charge in [0.25, 0.3) is 0 Å². The summed E-state index contributed by atoms with van der Waals surface area (Å²) in [6, 6.07) is 2.55. The first-order chi connectivity index (χ1) is 8.25. The predicted molar refractivity (Wildman–Crippen MR) is 74.1 cm³/mol. The van der Waals surface area contributed by atoms with E-state index in [1.807, 2.05) is 11.4 Å². The fraction of sp³-hybridized carbons (Fsp3) is 0.583. The van der Waals surface area contributed by atoms with Crippen molar-refractivity contribution in [2.24, 2.45) is 0 Å². The quantitative estimate of drug-likeness (QED) is 0.877. The SMILES string of the molecule is O=C(CNC1CCCC1)NCc1sccc1Br. The molecule has 1 aromatic heterocycles. The van der Waals surface area contributed by atoms with Crippen molar-refractivity contribution in [2.75, 3.05) is 6.54 Å². The molecule has 0 bridgehead atoms. The zero-order valence-corrected chi connectivity index (χ0v) is 12.1. The summed E-state index contributed by atoms with van der Waals surface area (Å²) in [6.07, 6.45) is 5.01. The first kappa shape index (κ1) is 13.1. The first-order valence-corrected chi connectivity index (χ1v) is 7.65. The van der Waals surface area contributed by atoms with Crippen LogP contribution in [0.5, 0.6) is 0 Å². The highest BCUT2D eigenvalue weighted by Gasteiger charge is 2.15. The molecule has 1 saturated carbocycles. The van der Waals surface area contributed by atoms with Gasteiger partial charge in [0.05, 0.1) is 13.1 Å². The van der Waals surface area contributed by atoms with Crippen molar-refractivity contribution >= 4 is 33.2 Å². The minimum absolute atomic E-state index is 0.0807. The standard InChI is InChI=1S/C12H17BrN2OS/c13-10-5-6-17-11(10)7-15-12(16)8-14-9-3-1-2-4-9/h5-6,9,14H,1-4,7-8H2,(H,15,16). The van der Waals surface area contributed by atoms with Gasteiger partial charge in [-0.05, 0) is 40.2 Å². The molecule has 0 aromatic carbocycles. The van der Waals surface area contributed by atoms with Crippen molar-refractivity contribution < 1.29 is 4.79 Å². The van der Waals surface area contributed by atoms with Gasteiger partial charge in [0.2, 0.25) is 5.91 Å². The van der Waals surface area contributed by atoms with E-state index < -0.39 is 0 Å². The van der Waals surface area contributed by atoms with Crippen LogP contribution in [0.15, 0.2) is 15.9 Å². The Balaban J connectivity index is 1.65. The van der Waals surface area contributed by atoms with E-state index in [-0.39, 0.29) is 5.91 Å². The molecule has 2 N–H and O–H groups in total. The van der Waals surface area contributed by atoms with Gasteiger partial charge in [-0.25, -0.2) is 0 Å². The highest BCUT2D eigenvalue weighted by atomic mass is 79.9. The highest BCUT2D eigenvalue weighted by molar-refractivity contribution is 9.10. The second-order valence-corrected chi connectivity index (χ2v) is 6.19. The lowest BCUT2D eigenvalue weighted by molar-refractivity contribution is -0.120. The van der Waals surface area contributed by atoms with E-state index >= 15 is 0 Å². The summed E-state index contributed by atoms with van der Waals surface area (Å²) in [4.78, 5) is 12.8. The van der Waals surface area contributed by atoms with Crippen molar-refractivity contribution in [3.05, 3.63) is 20.8 Å². The van der Waals surface area contributed by atoms with Crippen molar-refractivity contribution in [1.29, 1.82) is 0 Å². The Morgan fingerprint density at radius 1 is 1.47 bits per heavy atom. The van der Waals surface area contributed by atoms with Crippen LogP contribution in [0, 0.1) is 0 Å². The monoisotopic (exact) mass is 316 g/mol. The van der Waals surface area contributed by atoms with Crippen LogP contribution in [-0.4, -0.2) is 18.5 Å². The van der Waals surface area contributed by atoms with Crippen molar-refractivity contribution in [2.45, 2.75) is 38.3 Å². The molecule has 5 heteroatoms. The lowest BCUT2D eigenvalue weighted by Gasteiger charge is -2.11. The Kier molecular flexibility index (Phi) is 5.00. The molecule has 1 fully saturated rings. The van der Waals surface area contributed by atoms with E-state index in [1.54, 1.807) is 11.3 Å². The van der Waals surface area contributed by atoms with Crippen LogP contribution >= 0.6 is 27.3 Å². The van der Waals surface area contributed by atoms with Crippen LogP contribution in [0.2, 0.25) is 0 Å². The van der Waals surface area contributed by atoms with Crippen molar-refractivity contribution in [3.63, 3.8) is 0 Å². The Hall–Kier alpha value is -0.390. The van der Waals surface area contributed by atoms with Gasteiger partial charge in [0.15, 0.2) is 0 Å². The molecule has 2 rings (SSSR count). The summed E-state index contributed by atoms with van der Waals surface area (Å²) in [5, 5.41) is 8.25. The number of hydrogen-bond donors (Lipinski definition) is 2. The molecule has 0 unspecified atom stereocenters. The molecular weight excluding hydrogens is 300 g/mol. The molecule has 0 radical (unpaired) electrons. The number of hydrogen-bond acceptors (Lipinski definition) is 3. The van der Waals surface area contributed by atoms with Crippen LogP contribution in [0.4, 0.5) is 0 Å². The lowest BCUT2D eigenvalue weighted by Crippen LogP contribution is -2.37. The van der Waals surface area contributed by atoms with Crippen LogP contribution in [-0.2, 0) is 11.3 Å². The van der Waals surface area contributed by atoms with Crippen molar-refractivity contribution in [3.8, 4) is 0 Å². The molecule has 3 nitrogen and oxygen atoms in total. The van der Waals surface area contributed by atoms with Gasteiger partial charge in [-0.1, -0.05) is 12.8 Å². The summed E-state index contributed by atoms with van der Waals surface area (Å²) in [5.74, 6) is 0.0807. The molecule has 94 valence electrons. The van der Waals surface area contributed by atoms with Gasteiger partial charge in [-0.2, -0.15) is 0 Å². The van der Waals surface area contributed by atoms with Crippen molar-refractivity contribution in [1.82, 2.24) is 10.6 Å². The number of rotatable bonds is 5. The smallest absolute Gasteiger partial charge is 0.234 e. The van der Waals surface area contributed by atoms with E-state index in [1.165, 1.54) is 30.6 Å². The van der Waals surface area contributed by atoms with Gasteiger partial charge in [0, 0.05) is 15.4 Å². The second kappa shape index (κ2) is 6.52. The molecular formula is C12H17BrN2OS. The molecule has 0 saturated heterocycles. The highest BCUT2D eigenvalue weighted by Crippen LogP contribution is 2.22. The Labute approximate surface area is 114 Å². The maximum atomic E-state index is 11.6. The normalized spacial score (nSPS) is 16.3. The molecule has 0 aliphatic heterocycles. The average Bonchev–Trinajstić information content (AvgIpc) is 2.95. The van der Waals surface area contributed by atoms with E-state index in [0.29, 0.717) is 19.1 Å². The number of halogens is 1. The zero-order valence-electron chi connectivity index (χ0n) is 9.67. The largest absolute Gasteiger partial charge is 0.350 e. The van der Waals surface area contributed by atoms with Gasteiger partial charge in [0.1, 0.15) is 0 Å². The third-order valence-corrected chi connectivity index (χ3v) is 4.97. The van der Waals surface area contributed by atoms with Crippen LogP contribution in [0.3, 0.4) is 0 Å². The third kappa shape index (κ3) is 4.08. The molecule has 1 aliphatic carbocycles. The van der Waals surface area contributed by atoms with Gasteiger partial charge >= 0.3 is 0 Å². The molecule has 17 heavy (non-hydrogen) atoms. The van der Waals surface area contributed by atoms with Crippen LogP contribution < -0.4 is 10.6 Å². The lowest BCUT2D eigenvalue weighted by atomic mass is 10.2. The van der Waals surface area contributed by atoms with Gasteiger partial charge in [-0.15, -0.1) is 11.3 Å². The van der Waals surface area contributed by atoms with E-state index in [0.717, 1.165) is 4.47 Å².